The van der Waals surface area contributed by atoms with E-state index in [9.17, 15) is 4.79 Å². The van der Waals surface area contributed by atoms with Crippen molar-refractivity contribution in [3.63, 3.8) is 0 Å². The van der Waals surface area contributed by atoms with E-state index < -0.39 is 0 Å². The maximum Gasteiger partial charge on any atom is 0.258 e. The molecule has 2 heterocycles. The zero-order valence-electron chi connectivity index (χ0n) is 11.4. The van der Waals surface area contributed by atoms with E-state index in [-0.39, 0.29) is 12.5 Å². The number of carbonyl (C=O) groups is 1. The fourth-order valence-corrected chi connectivity index (χ4v) is 2.87. The number of benzene rings is 1. The van der Waals surface area contributed by atoms with E-state index in [1.165, 1.54) is 0 Å². The Hall–Kier alpha value is -1.91. The number of carbonyl (C=O) groups excluding carboxylic acids is 1. The van der Waals surface area contributed by atoms with Gasteiger partial charge < -0.3 is 10.0 Å². The van der Waals surface area contributed by atoms with Crippen LogP contribution in [0.25, 0.3) is 0 Å². The molecule has 2 aromatic rings. The monoisotopic (exact) mass is 302 g/mol. The Bertz CT molecular complexity index is 688. The SMILES string of the molecule is O=C1c2ccc(Cl)cc2CCN1c1cnccc1CCO. The zero-order chi connectivity index (χ0) is 14.8. The first kappa shape index (κ1) is 14.0. The summed E-state index contributed by atoms with van der Waals surface area (Å²) in [5.74, 6) is -0.0416. The average molecular weight is 303 g/mol. The quantitative estimate of drug-likeness (QED) is 0.947. The number of rotatable bonds is 3. The number of aliphatic hydroxyl groups is 1. The van der Waals surface area contributed by atoms with Crippen LogP contribution >= 0.6 is 11.6 Å². The van der Waals surface area contributed by atoms with Gasteiger partial charge in [0.2, 0.25) is 0 Å². The molecule has 1 aromatic heterocycles. The number of anilines is 1. The highest BCUT2D eigenvalue weighted by atomic mass is 35.5. The van der Waals surface area contributed by atoms with E-state index in [1.807, 2.05) is 12.1 Å². The third-order valence-corrected chi connectivity index (χ3v) is 3.94. The molecule has 0 bridgehead atoms. The predicted octanol–water partition coefficient (Wildman–Crippen LogP) is 2.47. The van der Waals surface area contributed by atoms with Gasteiger partial charge in [-0.15, -0.1) is 0 Å². The molecular formula is C16H15ClN2O2. The summed E-state index contributed by atoms with van der Waals surface area (Å²) in [6.07, 6.45) is 4.63. The van der Waals surface area contributed by atoms with E-state index in [1.54, 1.807) is 29.4 Å². The Morgan fingerprint density at radius 2 is 2.19 bits per heavy atom. The number of fused-ring (bicyclic) bond motifs is 1. The fraction of sp³-hybridized carbons (Fsp3) is 0.250. The number of amides is 1. The molecule has 1 aliphatic heterocycles. The molecule has 1 aliphatic rings. The minimum atomic E-state index is -0.0416. The topological polar surface area (TPSA) is 53.4 Å². The molecule has 0 spiro atoms. The lowest BCUT2D eigenvalue weighted by molar-refractivity contribution is 0.0980. The number of pyridine rings is 1. The second kappa shape index (κ2) is 5.84. The first-order valence-electron chi connectivity index (χ1n) is 6.84. The maximum atomic E-state index is 12.7. The molecule has 3 rings (SSSR count). The van der Waals surface area contributed by atoms with Gasteiger partial charge in [0.15, 0.2) is 0 Å². The lowest BCUT2D eigenvalue weighted by Crippen LogP contribution is -2.38. The summed E-state index contributed by atoms with van der Waals surface area (Å²) in [5, 5.41) is 9.81. The normalized spacial score (nSPS) is 14.2. The molecule has 0 atom stereocenters. The summed E-state index contributed by atoms with van der Waals surface area (Å²) in [4.78, 5) is 18.5. The third kappa shape index (κ3) is 2.64. The Morgan fingerprint density at radius 1 is 1.33 bits per heavy atom. The number of aliphatic hydroxyl groups excluding tert-OH is 1. The maximum absolute atomic E-state index is 12.7. The number of halogens is 1. The number of hydrogen-bond acceptors (Lipinski definition) is 3. The molecule has 5 heteroatoms. The minimum absolute atomic E-state index is 0.0416. The van der Waals surface area contributed by atoms with Gasteiger partial charge in [-0.2, -0.15) is 0 Å². The number of nitrogens with zero attached hydrogens (tertiary/aromatic N) is 2. The van der Waals surface area contributed by atoms with Gasteiger partial charge in [-0.3, -0.25) is 9.78 Å². The largest absolute Gasteiger partial charge is 0.396 e. The highest BCUT2D eigenvalue weighted by molar-refractivity contribution is 6.30. The number of aromatic nitrogens is 1. The van der Waals surface area contributed by atoms with E-state index in [2.05, 4.69) is 4.98 Å². The van der Waals surface area contributed by atoms with Crippen LogP contribution in [0.5, 0.6) is 0 Å². The Kier molecular flexibility index (Phi) is 3.90. The standard InChI is InChI=1S/C16H15ClN2O2/c17-13-1-2-14-12(9-13)4-7-19(16(14)21)15-10-18-6-3-11(15)5-8-20/h1-3,6,9-10,20H,4-5,7-8H2. The fourth-order valence-electron chi connectivity index (χ4n) is 2.68. The van der Waals surface area contributed by atoms with Crippen molar-refractivity contribution >= 4 is 23.2 Å². The van der Waals surface area contributed by atoms with Crippen LogP contribution in [0.15, 0.2) is 36.7 Å². The molecule has 0 saturated heterocycles. The van der Waals surface area contributed by atoms with Crippen LogP contribution in [0.3, 0.4) is 0 Å². The van der Waals surface area contributed by atoms with Gasteiger partial charge in [0.05, 0.1) is 11.9 Å². The summed E-state index contributed by atoms with van der Waals surface area (Å²) in [6.45, 7) is 0.640. The molecule has 1 aromatic carbocycles. The van der Waals surface area contributed by atoms with E-state index in [0.717, 1.165) is 23.2 Å². The van der Waals surface area contributed by atoms with Crippen molar-refractivity contribution in [3.05, 3.63) is 58.4 Å². The molecule has 0 radical (unpaired) electrons. The van der Waals surface area contributed by atoms with Crippen molar-refractivity contribution < 1.29 is 9.90 Å². The summed E-state index contributed by atoms with van der Waals surface area (Å²) in [7, 11) is 0. The van der Waals surface area contributed by atoms with E-state index >= 15 is 0 Å². The van der Waals surface area contributed by atoms with Crippen molar-refractivity contribution in [2.45, 2.75) is 12.8 Å². The van der Waals surface area contributed by atoms with Crippen molar-refractivity contribution in [1.29, 1.82) is 0 Å². The molecule has 4 nitrogen and oxygen atoms in total. The summed E-state index contributed by atoms with van der Waals surface area (Å²) in [6, 6.07) is 7.20. The van der Waals surface area contributed by atoms with E-state index in [0.29, 0.717) is 23.6 Å². The van der Waals surface area contributed by atoms with Crippen molar-refractivity contribution in [2.75, 3.05) is 18.1 Å². The second-order valence-corrected chi connectivity index (χ2v) is 5.42. The van der Waals surface area contributed by atoms with Gasteiger partial charge in [0.25, 0.3) is 5.91 Å². The molecule has 1 N–H and O–H groups in total. The molecule has 1 amide bonds. The van der Waals surface area contributed by atoms with Crippen molar-refractivity contribution in [1.82, 2.24) is 4.98 Å². The smallest absolute Gasteiger partial charge is 0.258 e. The highest BCUT2D eigenvalue weighted by Gasteiger charge is 2.26. The Labute approximate surface area is 128 Å². The summed E-state index contributed by atoms with van der Waals surface area (Å²) >= 11 is 5.98. The van der Waals surface area contributed by atoms with Gasteiger partial charge in [0.1, 0.15) is 0 Å². The van der Waals surface area contributed by atoms with Gasteiger partial charge in [-0.05, 0) is 48.2 Å². The van der Waals surface area contributed by atoms with Gasteiger partial charge in [0, 0.05) is 29.9 Å². The van der Waals surface area contributed by atoms with Gasteiger partial charge in [-0.1, -0.05) is 11.6 Å². The Balaban J connectivity index is 1.99. The Morgan fingerprint density at radius 3 is 3.00 bits per heavy atom. The van der Waals surface area contributed by atoms with Crippen LogP contribution < -0.4 is 4.90 Å². The molecule has 21 heavy (non-hydrogen) atoms. The van der Waals surface area contributed by atoms with Crippen molar-refractivity contribution in [3.8, 4) is 0 Å². The second-order valence-electron chi connectivity index (χ2n) is 4.99. The summed E-state index contributed by atoms with van der Waals surface area (Å²) in [5.41, 5.74) is 3.37. The molecule has 0 aliphatic carbocycles. The van der Waals surface area contributed by atoms with E-state index in [4.69, 9.17) is 16.7 Å². The van der Waals surface area contributed by atoms with Crippen LogP contribution in [0, 0.1) is 0 Å². The molecule has 0 fully saturated rings. The van der Waals surface area contributed by atoms with Crippen LogP contribution in [-0.4, -0.2) is 29.1 Å². The first-order valence-corrected chi connectivity index (χ1v) is 7.22. The predicted molar refractivity (Wildman–Crippen MR) is 81.9 cm³/mol. The minimum Gasteiger partial charge on any atom is -0.396 e. The van der Waals surface area contributed by atoms with Crippen LogP contribution in [-0.2, 0) is 12.8 Å². The van der Waals surface area contributed by atoms with Crippen LogP contribution in [0.1, 0.15) is 21.5 Å². The third-order valence-electron chi connectivity index (χ3n) is 3.71. The van der Waals surface area contributed by atoms with Crippen LogP contribution in [0.2, 0.25) is 5.02 Å². The molecule has 0 unspecified atom stereocenters. The van der Waals surface area contributed by atoms with Gasteiger partial charge in [-0.25, -0.2) is 0 Å². The zero-order valence-corrected chi connectivity index (χ0v) is 12.2. The average Bonchev–Trinajstić information content (AvgIpc) is 2.49. The highest BCUT2D eigenvalue weighted by Crippen LogP contribution is 2.28. The first-order chi connectivity index (χ1) is 10.2. The molecule has 108 valence electrons. The summed E-state index contributed by atoms with van der Waals surface area (Å²) < 4.78 is 0. The molecule has 0 saturated carbocycles. The molecular weight excluding hydrogens is 288 g/mol. The van der Waals surface area contributed by atoms with Crippen molar-refractivity contribution in [2.24, 2.45) is 0 Å². The lowest BCUT2D eigenvalue weighted by atomic mass is 9.98. The number of hydrogen-bond donors (Lipinski definition) is 1. The van der Waals surface area contributed by atoms with Gasteiger partial charge >= 0.3 is 0 Å². The lowest BCUT2D eigenvalue weighted by Gasteiger charge is -2.30. The van der Waals surface area contributed by atoms with Crippen LogP contribution in [0.4, 0.5) is 5.69 Å².